The summed E-state index contributed by atoms with van der Waals surface area (Å²) in [5.41, 5.74) is 1.01. The maximum absolute atomic E-state index is 12.0. The Labute approximate surface area is 196 Å². The van der Waals surface area contributed by atoms with Crippen LogP contribution in [0.5, 0.6) is 5.75 Å². The van der Waals surface area contributed by atoms with E-state index >= 15 is 0 Å². The Hall–Kier alpha value is -1.84. The maximum Gasteiger partial charge on any atom is 0.311 e. The Morgan fingerprint density at radius 2 is 1.19 bits per heavy atom. The SMILES string of the molecule is CCCCCCCCCCCCCCCOC(=O)CCCC(=O)Oc1ccccc1CC. The van der Waals surface area contributed by atoms with E-state index in [0.29, 0.717) is 18.8 Å². The molecule has 0 radical (unpaired) electrons. The predicted molar refractivity (Wildman–Crippen MR) is 132 cm³/mol. The van der Waals surface area contributed by atoms with Crippen molar-refractivity contribution >= 4 is 11.9 Å². The van der Waals surface area contributed by atoms with Crippen LogP contribution in [0.3, 0.4) is 0 Å². The maximum atomic E-state index is 12.0. The van der Waals surface area contributed by atoms with E-state index in [4.69, 9.17) is 9.47 Å². The number of hydrogen-bond acceptors (Lipinski definition) is 4. The third-order valence-corrected chi connectivity index (χ3v) is 5.85. The Bertz CT molecular complexity index is 611. The summed E-state index contributed by atoms with van der Waals surface area (Å²) in [5.74, 6) is 0.103. The first-order valence-corrected chi connectivity index (χ1v) is 13.1. The molecule has 0 saturated carbocycles. The van der Waals surface area contributed by atoms with Gasteiger partial charge in [-0.25, -0.2) is 0 Å². The molecule has 1 aromatic carbocycles. The second kappa shape index (κ2) is 19.8. The van der Waals surface area contributed by atoms with Crippen molar-refractivity contribution < 1.29 is 19.1 Å². The highest BCUT2D eigenvalue weighted by Crippen LogP contribution is 2.19. The minimum atomic E-state index is -0.296. The van der Waals surface area contributed by atoms with E-state index in [1.54, 1.807) is 6.07 Å². The lowest BCUT2D eigenvalue weighted by molar-refractivity contribution is -0.144. The molecule has 0 aliphatic carbocycles. The zero-order chi connectivity index (χ0) is 23.3. The standard InChI is InChI=1S/C28H46O4/c1-3-5-6-7-8-9-10-11-12-13-14-15-18-24-31-27(29)22-19-23-28(30)32-26-21-17-16-20-25(26)4-2/h16-17,20-21H,3-15,18-19,22-24H2,1-2H3. The van der Waals surface area contributed by atoms with Gasteiger partial charge >= 0.3 is 11.9 Å². The number of para-hydroxylation sites is 1. The summed E-state index contributed by atoms with van der Waals surface area (Å²) < 4.78 is 10.7. The van der Waals surface area contributed by atoms with E-state index < -0.39 is 0 Å². The van der Waals surface area contributed by atoms with Gasteiger partial charge in [-0.05, 0) is 30.9 Å². The number of hydrogen-bond donors (Lipinski definition) is 0. The van der Waals surface area contributed by atoms with Gasteiger partial charge in [-0.1, -0.05) is 109 Å². The molecule has 182 valence electrons. The molecule has 0 aromatic heterocycles. The van der Waals surface area contributed by atoms with E-state index in [9.17, 15) is 9.59 Å². The number of ether oxygens (including phenoxy) is 2. The van der Waals surface area contributed by atoms with E-state index in [0.717, 1.165) is 24.8 Å². The number of rotatable bonds is 20. The number of unbranched alkanes of at least 4 members (excludes halogenated alkanes) is 12. The smallest absolute Gasteiger partial charge is 0.311 e. The molecular formula is C28H46O4. The highest BCUT2D eigenvalue weighted by Gasteiger charge is 2.10. The molecule has 0 unspecified atom stereocenters. The summed E-state index contributed by atoms with van der Waals surface area (Å²) in [5, 5.41) is 0. The van der Waals surface area contributed by atoms with Crippen molar-refractivity contribution in [2.24, 2.45) is 0 Å². The van der Waals surface area contributed by atoms with Crippen molar-refractivity contribution in [3.8, 4) is 5.75 Å². The molecule has 4 nitrogen and oxygen atoms in total. The molecule has 0 spiro atoms. The van der Waals surface area contributed by atoms with Crippen LogP contribution in [0.4, 0.5) is 0 Å². The van der Waals surface area contributed by atoms with Gasteiger partial charge in [0, 0.05) is 12.8 Å². The van der Waals surface area contributed by atoms with Gasteiger partial charge in [0.15, 0.2) is 0 Å². The molecule has 0 aliphatic heterocycles. The molecule has 0 bridgehead atoms. The zero-order valence-electron chi connectivity index (χ0n) is 20.7. The molecule has 1 aromatic rings. The topological polar surface area (TPSA) is 52.6 Å². The van der Waals surface area contributed by atoms with Crippen LogP contribution in [0.25, 0.3) is 0 Å². The second-order valence-electron chi connectivity index (χ2n) is 8.75. The lowest BCUT2D eigenvalue weighted by Gasteiger charge is -2.08. The van der Waals surface area contributed by atoms with Crippen LogP contribution in [-0.2, 0) is 20.7 Å². The zero-order valence-corrected chi connectivity index (χ0v) is 20.7. The monoisotopic (exact) mass is 446 g/mol. The molecule has 4 heteroatoms. The lowest BCUT2D eigenvalue weighted by Crippen LogP contribution is -2.11. The van der Waals surface area contributed by atoms with E-state index in [1.165, 1.54) is 70.6 Å². The predicted octanol–water partition coefficient (Wildman–Crippen LogP) is 7.96. The number of carbonyl (C=O) groups is 2. The van der Waals surface area contributed by atoms with Crippen LogP contribution in [0.2, 0.25) is 0 Å². The van der Waals surface area contributed by atoms with E-state index in [2.05, 4.69) is 6.92 Å². The number of carbonyl (C=O) groups excluding carboxylic acids is 2. The average Bonchev–Trinajstić information content (AvgIpc) is 2.79. The first-order chi connectivity index (χ1) is 15.7. The van der Waals surface area contributed by atoms with Crippen molar-refractivity contribution in [1.29, 1.82) is 0 Å². The van der Waals surface area contributed by atoms with Crippen LogP contribution in [-0.4, -0.2) is 18.5 Å². The van der Waals surface area contributed by atoms with E-state index in [-0.39, 0.29) is 24.8 Å². The second-order valence-corrected chi connectivity index (χ2v) is 8.75. The number of benzene rings is 1. The summed E-state index contributed by atoms with van der Waals surface area (Å²) in [6.45, 7) is 4.78. The molecule has 0 aliphatic rings. The Balaban J connectivity index is 1.90. The molecule has 0 heterocycles. The van der Waals surface area contributed by atoms with Crippen LogP contribution in [0, 0.1) is 0 Å². The normalized spacial score (nSPS) is 10.8. The molecule has 0 amide bonds. The highest BCUT2D eigenvalue weighted by molar-refractivity contribution is 5.74. The molecular weight excluding hydrogens is 400 g/mol. The largest absolute Gasteiger partial charge is 0.466 e. The van der Waals surface area contributed by atoms with Crippen molar-refractivity contribution in [2.45, 2.75) is 123 Å². The van der Waals surface area contributed by atoms with Gasteiger partial charge < -0.3 is 9.47 Å². The lowest BCUT2D eigenvalue weighted by atomic mass is 10.0. The molecule has 0 saturated heterocycles. The van der Waals surface area contributed by atoms with Gasteiger partial charge in [-0.15, -0.1) is 0 Å². The van der Waals surface area contributed by atoms with Gasteiger partial charge in [0.25, 0.3) is 0 Å². The van der Waals surface area contributed by atoms with Crippen LogP contribution < -0.4 is 4.74 Å². The summed E-state index contributed by atoms with van der Waals surface area (Å²) in [6, 6.07) is 7.55. The fraction of sp³-hybridized carbons (Fsp3) is 0.714. The van der Waals surface area contributed by atoms with Gasteiger partial charge in [0.2, 0.25) is 0 Å². The van der Waals surface area contributed by atoms with E-state index in [1.807, 2.05) is 25.1 Å². The summed E-state index contributed by atoms with van der Waals surface area (Å²) in [4.78, 5) is 23.8. The minimum absolute atomic E-state index is 0.217. The first-order valence-electron chi connectivity index (χ1n) is 13.1. The molecule has 0 fully saturated rings. The molecule has 32 heavy (non-hydrogen) atoms. The number of aryl methyl sites for hydroxylation is 1. The van der Waals surface area contributed by atoms with Gasteiger partial charge in [0.05, 0.1) is 6.61 Å². The van der Waals surface area contributed by atoms with Gasteiger partial charge in [-0.3, -0.25) is 9.59 Å². The first kappa shape index (κ1) is 28.2. The fourth-order valence-corrected chi connectivity index (χ4v) is 3.82. The highest BCUT2D eigenvalue weighted by atomic mass is 16.5. The Kier molecular flexibility index (Phi) is 17.5. The molecule has 1 rings (SSSR count). The van der Waals surface area contributed by atoms with Crippen LogP contribution in [0.1, 0.15) is 122 Å². The third kappa shape index (κ3) is 15.0. The van der Waals surface area contributed by atoms with Gasteiger partial charge in [0.1, 0.15) is 5.75 Å². The summed E-state index contributed by atoms with van der Waals surface area (Å²) >= 11 is 0. The average molecular weight is 447 g/mol. The van der Waals surface area contributed by atoms with Crippen molar-refractivity contribution in [3.63, 3.8) is 0 Å². The third-order valence-electron chi connectivity index (χ3n) is 5.85. The minimum Gasteiger partial charge on any atom is -0.466 e. The summed E-state index contributed by atoms with van der Waals surface area (Å²) in [6.07, 6.45) is 18.7. The Morgan fingerprint density at radius 1 is 0.656 bits per heavy atom. The molecule has 0 atom stereocenters. The van der Waals surface area contributed by atoms with Crippen molar-refractivity contribution in [1.82, 2.24) is 0 Å². The number of esters is 2. The Morgan fingerprint density at radius 3 is 1.78 bits per heavy atom. The van der Waals surface area contributed by atoms with Crippen molar-refractivity contribution in [2.75, 3.05) is 6.61 Å². The fourth-order valence-electron chi connectivity index (χ4n) is 3.82. The van der Waals surface area contributed by atoms with Gasteiger partial charge in [-0.2, -0.15) is 0 Å². The van der Waals surface area contributed by atoms with Crippen LogP contribution in [0.15, 0.2) is 24.3 Å². The summed E-state index contributed by atoms with van der Waals surface area (Å²) in [7, 11) is 0. The molecule has 0 N–H and O–H groups in total. The van der Waals surface area contributed by atoms with Crippen LogP contribution >= 0.6 is 0 Å². The quantitative estimate of drug-likeness (QED) is 0.116. The van der Waals surface area contributed by atoms with Crippen molar-refractivity contribution in [3.05, 3.63) is 29.8 Å².